The Kier molecular flexibility index (Phi) is 7.33. The van der Waals surface area contributed by atoms with Gasteiger partial charge in [-0.25, -0.2) is 0 Å². The molecule has 5 heteroatoms. The predicted octanol–water partition coefficient (Wildman–Crippen LogP) is 3.51. The minimum absolute atomic E-state index is 0.308. The lowest BCUT2D eigenvalue weighted by Gasteiger charge is -2.43. The molecule has 0 bridgehead atoms. The third-order valence-corrected chi connectivity index (χ3v) is 8.02. The molecular formula is C29H40N4O. The highest BCUT2D eigenvalue weighted by atomic mass is 16.2. The number of rotatable bonds is 7. The van der Waals surface area contributed by atoms with Crippen molar-refractivity contribution in [3.05, 3.63) is 59.2 Å². The van der Waals surface area contributed by atoms with Crippen LogP contribution in [0.5, 0.6) is 0 Å². The van der Waals surface area contributed by atoms with Crippen LogP contribution < -0.4 is 0 Å². The fourth-order valence-electron chi connectivity index (χ4n) is 5.56. The highest BCUT2D eigenvalue weighted by Gasteiger charge is 2.30. The molecule has 2 heterocycles. The van der Waals surface area contributed by atoms with Gasteiger partial charge in [0.1, 0.15) is 0 Å². The van der Waals surface area contributed by atoms with Crippen molar-refractivity contribution in [2.45, 2.75) is 44.7 Å². The zero-order valence-corrected chi connectivity index (χ0v) is 21.0. The SMILES string of the molecule is CN(C)CCc1cccc(-c2ccc3c(c2)CCN(CC(=O)N2CCN(C4CCC4)CC2)C3)c1. The first kappa shape index (κ1) is 23.5. The van der Waals surface area contributed by atoms with Gasteiger partial charge in [-0.2, -0.15) is 0 Å². The Morgan fingerprint density at radius 1 is 0.941 bits per heavy atom. The molecule has 1 saturated carbocycles. The first-order valence-corrected chi connectivity index (χ1v) is 13.2. The maximum Gasteiger partial charge on any atom is 0.236 e. The molecule has 1 aliphatic carbocycles. The Morgan fingerprint density at radius 3 is 2.47 bits per heavy atom. The molecule has 0 atom stereocenters. The summed E-state index contributed by atoms with van der Waals surface area (Å²) in [6, 6.07) is 16.7. The lowest BCUT2D eigenvalue weighted by molar-refractivity contribution is -0.135. The monoisotopic (exact) mass is 460 g/mol. The molecule has 2 fully saturated rings. The Bertz CT molecular complexity index is 991. The smallest absolute Gasteiger partial charge is 0.236 e. The second-order valence-electron chi connectivity index (χ2n) is 10.7. The molecule has 0 unspecified atom stereocenters. The highest BCUT2D eigenvalue weighted by Crippen LogP contribution is 2.28. The van der Waals surface area contributed by atoms with E-state index >= 15 is 0 Å². The van der Waals surface area contributed by atoms with Crippen LogP contribution >= 0.6 is 0 Å². The van der Waals surface area contributed by atoms with Crippen molar-refractivity contribution in [1.82, 2.24) is 19.6 Å². The van der Waals surface area contributed by atoms with Crippen LogP contribution in [0.3, 0.4) is 0 Å². The number of carbonyl (C=O) groups is 1. The first-order valence-electron chi connectivity index (χ1n) is 13.2. The summed E-state index contributed by atoms with van der Waals surface area (Å²) in [5.41, 5.74) is 6.81. The van der Waals surface area contributed by atoms with Crippen LogP contribution in [0.1, 0.15) is 36.0 Å². The van der Waals surface area contributed by atoms with Crippen molar-refractivity contribution in [2.75, 3.05) is 59.9 Å². The van der Waals surface area contributed by atoms with Crippen LogP contribution in [0.2, 0.25) is 0 Å². The third-order valence-electron chi connectivity index (χ3n) is 8.02. The van der Waals surface area contributed by atoms with Gasteiger partial charge in [-0.15, -0.1) is 0 Å². The van der Waals surface area contributed by atoms with Crippen molar-refractivity contribution in [2.24, 2.45) is 0 Å². The fraction of sp³-hybridized carbons (Fsp3) is 0.552. The molecule has 0 radical (unpaired) electrons. The third kappa shape index (κ3) is 5.54. The van der Waals surface area contributed by atoms with Crippen LogP contribution in [-0.4, -0.2) is 91.5 Å². The first-order chi connectivity index (χ1) is 16.5. The van der Waals surface area contributed by atoms with Gasteiger partial charge >= 0.3 is 0 Å². The zero-order chi connectivity index (χ0) is 23.5. The summed E-state index contributed by atoms with van der Waals surface area (Å²) in [4.78, 5) is 22.2. The van der Waals surface area contributed by atoms with Gasteiger partial charge in [0.05, 0.1) is 6.54 Å². The molecule has 5 nitrogen and oxygen atoms in total. The van der Waals surface area contributed by atoms with E-state index in [4.69, 9.17) is 0 Å². The van der Waals surface area contributed by atoms with Gasteiger partial charge in [0, 0.05) is 51.9 Å². The fourth-order valence-corrected chi connectivity index (χ4v) is 5.56. The van der Waals surface area contributed by atoms with E-state index in [1.807, 2.05) is 0 Å². The molecule has 1 amide bonds. The van der Waals surface area contributed by atoms with Crippen LogP contribution in [0.25, 0.3) is 11.1 Å². The molecule has 0 spiro atoms. The van der Waals surface area contributed by atoms with Gasteiger partial charge in [-0.05, 0) is 67.6 Å². The van der Waals surface area contributed by atoms with Gasteiger partial charge in [0.15, 0.2) is 0 Å². The maximum atomic E-state index is 13.0. The number of nitrogens with zero attached hydrogens (tertiary/aromatic N) is 4. The Morgan fingerprint density at radius 2 is 1.74 bits per heavy atom. The van der Waals surface area contributed by atoms with E-state index in [2.05, 4.69) is 76.2 Å². The molecule has 34 heavy (non-hydrogen) atoms. The van der Waals surface area contributed by atoms with Gasteiger partial charge in [-0.1, -0.05) is 48.9 Å². The average molecular weight is 461 g/mol. The lowest BCUT2D eigenvalue weighted by atomic mass is 9.91. The summed E-state index contributed by atoms with van der Waals surface area (Å²) in [5.74, 6) is 0.308. The largest absolute Gasteiger partial charge is 0.339 e. The second kappa shape index (κ2) is 10.6. The normalized spacial score (nSPS) is 19.8. The number of fused-ring (bicyclic) bond motifs is 1. The summed E-state index contributed by atoms with van der Waals surface area (Å²) in [7, 11) is 4.25. The molecule has 182 valence electrons. The van der Waals surface area contributed by atoms with Crippen molar-refractivity contribution in [3.63, 3.8) is 0 Å². The van der Waals surface area contributed by atoms with E-state index in [0.29, 0.717) is 12.5 Å². The molecule has 1 saturated heterocycles. The van der Waals surface area contributed by atoms with Gasteiger partial charge in [0.25, 0.3) is 0 Å². The van der Waals surface area contributed by atoms with Crippen LogP contribution in [0.4, 0.5) is 0 Å². The topological polar surface area (TPSA) is 30.0 Å². The molecule has 2 aromatic rings. The van der Waals surface area contributed by atoms with Gasteiger partial charge < -0.3 is 9.80 Å². The molecule has 0 N–H and O–H groups in total. The predicted molar refractivity (Wildman–Crippen MR) is 139 cm³/mol. The number of hydrogen-bond acceptors (Lipinski definition) is 4. The van der Waals surface area contributed by atoms with E-state index in [1.165, 1.54) is 47.1 Å². The number of benzene rings is 2. The summed E-state index contributed by atoms with van der Waals surface area (Å²) < 4.78 is 0. The zero-order valence-electron chi connectivity index (χ0n) is 21.0. The van der Waals surface area contributed by atoms with Gasteiger partial charge in [-0.3, -0.25) is 14.6 Å². The molecule has 2 aliphatic heterocycles. The number of carbonyl (C=O) groups excluding carboxylic acids is 1. The summed E-state index contributed by atoms with van der Waals surface area (Å²) in [6.45, 7) is 7.38. The van der Waals surface area contributed by atoms with E-state index in [9.17, 15) is 4.79 Å². The van der Waals surface area contributed by atoms with Gasteiger partial charge in [0.2, 0.25) is 5.91 Å². The van der Waals surface area contributed by atoms with E-state index < -0.39 is 0 Å². The van der Waals surface area contributed by atoms with Crippen LogP contribution in [0.15, 0.2) is 42.5 Å². The minimum Gasteiger partial charge on any atom is -0.339 e. The number of amides is 1. The Balaban J connectivity index is 1.16. The standard InChI is InChI=1S/C29H40N4O/c1-30(2)13-11-23-5-3-6-24(19-23)25-9-10-27-21-31(14-12-26(27)20-25)22-29(34)33-17-15-32(16-18-33)28-7-4-8-28/h3,5-6,9-10,19-20,28H,4,7-8,11-18,21-22H2,1-2H3. The molecule has 3 aliphatic rings. The maximum absolute atomic E-state index is 13.0. The lowest BCUT2D eigenvalue weighted by Crippen LogP contribution is -2.55. The van der Waals surface area contributed by atoms with E-state index in [1.54, 1.807) is 0 Å². The van der Waals surface area contributed by atoms with Crippen molar-refractivity contribution >= 4 is 5.91 Å². The van der Waals surface area contributed by atoms with Crippen molar-refractivity contribution < 1.29 is 4.79 Å². The minimum atomic E-state index is 0.308. The van der Waals surface area contributed by atoms with E-state index in [-0.39, 0.29) is 0 Å². The molecular weight excluding hydrogens is 420 g/mol. The summed E-state index contributed by atoms with van der Waals surface area (Å²) >= 11 is 0. The molecule has 5 rings (SSSR count). The number of likely N-dealkylation sites (N-methyl/N-ethyl adjacent to an activating group) is 1. The molecule has 2 aromatic carbocycles. The number of hydrogen-bond donors (Lipinski definition) is 0. The Hall–Kier alpha value is -2.21. The summed E-state index contributed by atoms with van der Waals surface area (Å²) in [6.07, 6.45) is 6.18. The van der Waals surface area contributed by atoms with Crippen molar-refractivity contribution in [1.29, 1.82) is 0 Å². The highest BCUT2D eigenvalue weighted by molar-refractivity contribution is 5.78. The van der Waals surface area contributed by atoms with Crippen LogP contribution in [-0.2, 0) is 24.2 Å². The molecule has 0 aromatic heterocycles. The number of piperazine rings is 1. The van der Waals surface area contributed by atoms with Crippen molar-refractivity contribution in [3.8, 4) is 11.1 Å². The average Bonchev–Trinajstić information content (AvgIpc) is 2.82. The second-order valence-corrected chi connectivity index (χ2v) is 10.7. The Labute approximate surface area is 205 Å². The quantitative estimate of drug-likeness (QED) is 0.633. The van der Waals surface area contributed by atoms with Crippen LogP contribution in [0, 0.1) is 0 Å². The van der Waals surface area contributed by atoms with E-state index in [0.717, 1.165) is 64.7 Å². The summed E-state index contributed by atoms with van der Waals surface area (Å²) in [5, 5.41) is 0.